The lowest BCUT2D eigenvalue weighted by Crippen LogP contribution is -2.36. The van der Waals surface area contributed by atoms with Crippen molar-refractivity contribution in [3.63, 3.8) is 0 Å². The minimum absolute atomic E-state index is 0.194. The molecule has 104 valence electrons. The van der Waals surface area contributed by atoms with Crippen molar-refractivity contribution in [1.82, 2.24) is 15.2 Å². The van der Waals surface area contributed by atoms with E-state index in [9.17, 15) is 9.18 Å². The lowest BCUT2D eigenvalue weighted by molar-refractivity contribution is 0.206. The number of halogens is 1. The molecule has 0 aliphatic rings. The second-order valence-corrected chi connectivity index (χ2v) is 4.46. The molecular weight excluding hydrogens is 257 g/mol. The smallest absolute Gasteiger partial charge is 0.317 e. The summed E-state index contributed by atoms with van der Waals surface area (Å²) in [6.45, 7) is 0.807. The summed E-state index contributed by atoms with van der Waals surface area (Å²) in [7, 11) is 1.69. The SMILES string of the molecule is CN(Cc1ccc(F)cc1)C(=O)NCc1ccccn1. The summed E-state index contributed by atoms with van der Waals surface area (Å²) in [4.78, 5) is 17.6. The highest BCUT2D eigenvalue weighted by Gasteiger charge is 2.08. The molecule has 0 saturated heterocycles. The fourth-order valence-corrected chi connectivity index (χ4v) is 1.74. The van der Waals surface area contributed by atoms with Crippen LogP contribution in [-0.2, 0) is 13.1 Å². The molecule has 1 heterocycles. The Labute approximate surface area is 117 Å². The largest absolute Gasteiger partial charge is 0.332 e. The molecule has 0 bridgehead atoms. The van der Waals surface area contributed by atoms with Crippen molar-refractivity contribution in [2.45, 2.75) is 13.1 Å². The minimum Gasteiger partial charge on any atom is -0.332 e. The van der Waals surface area contributed by atoms with Crippen molar-refractivity contribution >= 4 is 6.03 Å². The molecule has 0 spiro atoms. The van der Waals surface area contributed by atoms with Crippen molar-refractivity contribution in [1.29, 1.82) is 0 Å². The third-order valence-corrected chi connectivity index (χ3v) is 2.83. The number of pyridine rings is 1. The molecule has 2 amide bonds. The summed E-state index contributed by atoms with van der Waals surface area (Å²) in [6, 6.07) is 11.4. The number of benzene rings is 1. The number of carbonyl (C=O) groups excluding carboxylic acids is 1. The monoisotopic (exact) mass is 273 g/mol. The Morgan fingerprint density at radius 3 is 2.65 bits per heavy atom. The van der Waals surface area contributed by atoms with Gasteiger partial charge in [-0.1, -0.05) is 18.2 Å². The summed E-state index contributed by atoms with van der Waals surface area (Å²) < 4.78 is 12.8. The lowest BCUT2D eigenvalue weighted by atomic mass is 10.2. The molecule has 1 aromatic carbocycles. The first-order valence-corrected chi connectivity index (χ1v) is 6.28. The maximum atomic E-state index is 12.8. The first-order chi connectivity index (χ1) is 9.65. The highest BCUT2D eigenvalue weighted by atomic mass is 19.1. The molecular formula is C15H16FN3O. The molecule has 0 radical (unpaired) electrons. The molecule has 4 nitrogen and oxygen atoms in total. The zero-order valence-corrected chi connectivity index (χ0v) is 11.2. The fraction of sp³-hybridized carbons (Fsp3) is 0.200. The second-order valence-electron chi connectivity index (χ2n) is 4.46. The Bertz CT molecular complexity index is 557. The van der Waals surface area contributed by atoms with Crippen LogP contribution in [0.2, 0.25) is 0 Å². The zero-order valence-electron chi connectivity index (χ0n) is 11.2. The van der Waals surface area contributed by atoms with Crippen molar-refractivity contribution in [2.24, 2.45) is 0 Å². The molecule has 1 aromatic heterocycles. The van der Waals surface area contributed by atoms with E-state index in [4.69, 9.17) is 0 Å². The molecule has 0 saturated carbocycles. The van der Waals surface area contributed by atoms with Crippen molar-refractivity contribution in [3.05, 3.63) is 65.7 Å². The number of amides is 2. The number of nitrogens with one attached hydrogen (secondary N) is 1. The normalized spacial score (nSPS) is 10.1. The van der Waals surface area contributed by atoms with Crippen LogP contribution in [0, 0.1) is 5.82 Å². The molecule has 0 aliphatic heterocycles. The van der Waals surface area contributed by atoms with E-state index in [1.807, 2.05) is 18.2 Å². The van der Waals surface area contributed by atoms with Crippen LogP contribution in [-0.4, -0.2) is 23.0 Å². The number of urea groups is 1. The van der Waals surface area contributed by atoms with E-state index in [1.54, 1.807) is 25.4 Å². The molecule has 1 N–H and O–H groups in total. The fourth-order valence-electron chi connectivity index (χ4n) is 1.74. The molecule has 20 heavy (non-hydrogen) atoms. The molecule has 0 fully saturated rings. The summed E-state index contributed by atoms with van der Waals surface area (Å²) in [5, 5.41) is 2.78. The first kappa shape index (κ1) is 14.0. The Kier molecular flexibility index (Phi) is 4.65. The van der Waals surface area contributed by atoms with E-state index in [-0.39, 0.29) is 11.8 Å². The van der Waals surface area contributed by atoms with Crippen molar-refractivity contribution < 1.29 is 9.18 Å². The van der Waals surface area contributed by atoms with Crippen LogP contribution in [0.3, 0.4) is 0 Å². The lowest BCUT2D eigenvalue weighted by Gasteiger charge is -2.18. The van der Waals surface area contributed by atoms with Gasteiger partial charge in [0.05, 0.1) is 12.2 Å². The van der Waals surface area contributed by atoms with Gasteiger partial charge >= 0.3 is 6.03 Å². The van der Waals surface area contributed by atoms with E-state index in [0.717, 1.165) is 11.3 Å². The van der Waals surface area contributed by atoms with Crippen LogP contribution >= 0.6 is 0 Å². The molecule has 0 aliphatic carbocycles. The second kappa shape index (κ2) is 6.65. The average Bonchev–Trinajstić information content (AvgIpc) is 2.48. The molecule has 2 rings (SSSR count). The van der Waals surface area contributed by atoms with Gasteiger partial charge in [-0.3, -0.25) is 4.98 Å². The van der Waals surface area contributed by atoms with Crippen molar-refractivity contribution in [2.75, 3.05) is 7.05 Å². The summed E-state index contributed by atoms with van der Waals surface area (Å²) in [5.41, 5.74) is 1.68. The number of hydrogen-bond acceptors (Lipinski definition) is 2. The minimum atomic E-state index is -0.281. The first-order valence-electron chi connectivity index (χ1n) is 6.28. The van der Waals surface area contributed by atoms with E-state index in [2.05, 4.69) is 10.3 Å². The highest BCUT2D eigenvalue weighted by Crippen LogP contribution is 2.05. The number of rotatable bonds is 4. The van der Waals surface area contributed by atoms with Gasteiger partial charge in [-0.2, -0.15) is 0 Å². The van der Waals surface area contributed by atoms with E-state index in [1.165, 1.54) is 17.0 Å². The standard InChI is InChI=1S/C15H16FN3O/c1-19(11-12-5-7-13(16)8-6-12)15(20)18-10-14-4-2-3-9-17-14/h2-9H,10-11H2,1H3,(H,18,20). The Morgan fingerprint density at radius 2 is 2.00 bits per heavy atom. The van der Waals surface area contributed by atoms with Crippen LogP contribution in [0.25, 0.3) is 0 Å². The third-order valence-electron chi connectivity index (χ3n) is 2.83. The summed E-state index contributed by atoms with van der Waals surface area (Å²) >= 11 is 0. The summed E-state index contributed by atoms with van der Waals surface area (Å²) in [6.07, 6.45) is 1.68. The Balaban J connectivity index is 1.84. The Morgan fingerprint density at radius 1 is 1.25 bits per heavy atom. The topological polar surface area (TPSA) is 45.2 Å². The van der Waals surface area contributed by atoms with Gasteiger partial charge in [0.15, 0.2) is 0 Å². The predicted octanol–water partition coefficient (Wildman–Crippen LogP) is 2.56. The van der Waals surface area contributed by atoms with Crippen LogP contribution in [0.15, 0.2) is 48.7 Å². The van der Waals surface area contributed by atoms with Gasteiger partial charge in [0.1, 0.15) is 5.82 Å². The average molecular weight is 273 g/mol. The van der Waals surface area contributed by atoms with Gasteiger partial charge < -0.3 is 10.2 Å². The van der Waals surface area contributed by atoms with Crippen LogP contribution < -0.4 is 5.32 Å². The van der Waals surface area contributed by atoms with Crippen LogP contribution in [0.4, 0.5) is 9.18 Å². The highest BCUT2D eigenvalue weighted by molar-refractivity contribution is 5.73. The van der Waals surface area contributed by atoms with Gasteiger partial charge in [-0.25, -0.2) is 9.18 Å². The van der Waals surface area contributed by atoms with Gasteiger partial charge in [-0.15, -0.1) is 0 Å². The van der Waals surface area contributed by atoms with Gasteiger partial charge in [0.2, 0.25) is 0 Å². The van der Waals surface area contributed by atoms with E-state index in [0.29, 0.717) is 13.1 Å². The number of carbonyl (C=O) groups is 1. The van der Waals surface area contributed by atoms with Crippen LogP contribution in [0.1, 0.15) is 11.3 Å². The number of aromatic nitrogens is 1. The van der Waals surface area contributed by atoms with Gasteiger partial charge in [0, 0.05) is 19.8 Å². The molecule has 0 atom stereocenters. The summed E-state index contributed by atoms with van der Waals surface area (Å²) in [5.74, 6) is -0.281. The van der Waals surface area contributed by atoms with Gasteiger partial charge in [0.25, 0.3) is 0 Å². The third kappa shape index (κ3) is 4.05. The molecule has 2 aromatic rings. The number of hydrogen-bond donors (Lipinski definition) is 1. The maximum absolute atomic E-state index is 12.8. The zero-order chi connectivity index (χ0) is 14.4. The van der Waals surface area contributed by atoms with Gasteiger partial charge in [-0.05, 0) is 29.8 Å². The number of nitrogens with zero attached hydrogens (tertiary/aromatic N) is 2. The van der Waals surface area contributed by atoms with E-state index >= 15 is 0 Å². The van der Waals surface area contributed by atoms with Crippen molar-refractivity contribution in [3.8, 4) is 0 Å². The Hall–Kier alpha value is -2.43. The predicted molar refractivity (Wildman–Crippen MR) is 74.3 cm³/mol. The molecule has 5 heteroatoms. The maximum Gasteiger partial charge on any atom is 0.317 e. The van der Waals surface area contributed by atoms with Crippen LogP contribution in [0.5, 0.6) is 0 Å². The van der Waals surface area contributed by atoms with E-state index < -0.39 is 0 Å². The molecule has 0 unspecified atom stereocenters. The quantitative estimate of drug-likeness (QED) is 0.930.